The van der Waals surface area contributed by atoms with Gasteiger partial charge >= 0.3 is 0 Å². The Bertz CT molecular complexity index is 548. The van der Waals surface area contributed by atoms with Crippen molar-refractivity contribution < 1.29 is 9.47 Å². The lowest BCUT2D eigenvalue weighted by Gasteiger charge is -2.19. The van der Waals surface area contributed by atoms with E-state index < -0.39 is 0 Å². The highest BCUT2D eigenvalue weighted by Crippen LogP contribution is 2.22. The summed E-state index contributed by atoms with van der Waals surface area (Å²) in [7, 11) is 1.70. The Morgan fingerprint density at radius 2 is 1.29 bits per heavy atom. The molecule has 21 heavy (non-hydrogen) atoms. The van der Waals surface area contributed by atoms with Gasteiger partial charge in [-0.15, -0.1) is 0 Å². The van der Waals surface area contributed by atoms with E-state index in [1.54, 1.807) is 7.11 Å². The number of methoxy groups -OCH3 is 1. The van der Waals surface area contributed by atoms with Crippen LogP contribution in [-0.4, -0.2) is 7.11 Å². The summed E-state index contributed by atoms with van der Waals surface area (Å²) in [6, 6.07) is 16.7. The third-order valence-corrected chi connectivity index (χ3v) is 3.46. The van der Waals surface area contributed by atoms with Crippen LogP contribution < -0.4 is 4.74 Å². The summed E-state index contributed by atoms with van der Waals surface area (Å²) in [6.07, 6.45) is 0. The molecule has 2 nitrogen and oxygen atoms in total. The molecule has 0 saturated carbocycles. The quantitative estimate of drug-likeness (QED) is 0.791. The van der Waals surface area contributed by atoms with Crippen LogP contribution in [0.1, 0.15) is 37.5 Å². The third-order valence-electron chi connectivity index (χ3n) is 3.46. The second kappa shape index (κ2) is 6.77. The number of benzene rings is 2. The van der Waals surface area contributed by atoms with E-state index in [0.29, 0.717) is 13.2 Å². The molecule has 2 heteroatoms. The highest BCUT2D eigenvalue weighted by Gasteiger charge is 2.12. The first-order chi connectivity index (χ1) is 9.99. The molecule has 0 saturated heterocycles. The van der Waals surface area contributed by atoms with Crippen LogP contribution in [-0.2, 0) is 23.4 Å². The molecule has 2 aromatic carbocycles. The first-order valence-electron chi connectivity index (χ1n) is 7.29. The molecular formula is C19H24O2. The van der Waals surface area contributed by atoms with Gasteiger partial charge in [0.15, 0.2) is 0 Å². The van der Waals surface area contributed by atoms with Crippen molar-refractivity contribution in [3.8, 4) is 5.75 Å². The van der Waals surface area contributed by atoms with Gasteiger partial charge in [0.25, 0.3) is 0 Å². The first-order valence-corrected chi connectivity index (χ1v) is 7.29. The van der Waals surface area contributed by atoms with Gasteiger partial charge in [0.1, 0.15) is 12.4 Å². The molecule has 0 radical (unpaired) electrons. The van der Waals surface area contributed by atoms with Crippen LogP contribution in [0.25, 0.3) is 0 Å². The van der Waals surface area contributed by atoms with Crippen LogP contribution in [0.2, 0.25) is 0 Å². The van der Waals surface area contributed by atoms with Crippen LogP contribution in [0.15, 0.2) is 48.5 Å². The maximum Gasteiger partial charge on any atom is 0.119 e. The normalized spacial score (nSPS) is 11.4. The van der Waals surface area contributed by atoms with Gasteiger partial charge < -0.3 is 9.47 Å². The molecule has 0 heterocycles. The second-order valence-corrected chi connectivity index (χ2v) is 6.31. The molecule has 0 N–H and O–H groups in total. The standard InChI is InChI=1S/C19H24O2/c1-19(2,3)17-9-5-16(6-10-17)14-21-18-11-7-15(8-12-18)13-20-4/h5-12H,13-14H2,1-4H3. The van der Waals surface area contributed by atoms with Crippen LogP contribution >= 0.6 is 0 Å². The van der Waals surface area contributed by atoms with Gasteiger partial charge in [-0.05, 0) is 34.2 Å². The lowest BCUT2D eigenvalue weighted by atomic mass is 9.87. The maximum atomic E-state index is 5.81. The van der Waals surface area contributed by atoms with Gasteiger partial charge in [-0.3, -0.25) is 0 Å². The van der Waals surface area contributed by atoms with E-state index in [1.165, 1.54) is 11.1 Å². The van der Waals surface area contributed by atoms with Crippen molar-refractivity contribution in [3.63, 3.8) is 0 Å². The molecule has 0 aromatic heterocycles. The van der Waals surface area contributed by atoms with Gasteiger partial charge in [0.05, 0.1) is 6.61 Å². The predicted molar refractivity (Wildman–Crippen MR) is 86.6 cm³/mol. The molecule has 0 spiro atoms. The zero-order chi connectivity index (χ0) is 15.3. The van der Waals surface area contributed by atoms with Gasteiger partial charge in [-0.1, -0.05) is 57.2 Å². The van der Waals surface area contributed by atoms with Crippen LogP contribution in [0.3, 0.4) is 0 Å². The largest absolute Gasteiger partial charge is 0.489 e. The zero-order valence-corrected chi connectivity index (χ0v) is 13.3. The Balaban J connectivity index is 1.93. The van der Waals surface area contributed by atoms with Gasteiger partial charge in [-0.2, -0.15) is 0 Å². The molecule has 0 amide bonds. The number of ether oxygens (including phenoxy) is 2. The molecule has 0 fully saturated rings. The molecule has 0 atom stereocenters. The molecule has 0 aliphatic heterocycles. The minimum absolute atomic E-state index is 0.191. The average Bonchev–Trinajstić information content (AvgIpc) is 2.46. The smallest absolute Gasteiger partial charge is 0.119 e. The van der Waals surface area contributed by atoms with Crippen molar-refractivity contribution in [2.75, 3.05) is 7.11 Å². The molecule has 112 valence electrons. The van der Waals surface area contributed by atoms with Gasteiger partial charge in [0, 0.05) is 7.11 Å². The average molecular weight is 284 g/mol. The lowest BCUT2D eigenvalue weighted by molar-refractivity contribution is 0.185. The summed E-state index contributed by atoms with van der Waals surface area (Å²) in [5, 5.41) is 0. The Morgan fingerprint density at radius 1 is 0.762 bits per heavy atom. The van der Waals surface area contributed by atoms with E-state index in [0.717, 1.165) is 11.3 Å². The van der Waals surface area contributed by atoms with Gasteiger partial charge in [-0.25, -0.2) is 0 Å². The van der Waals surface area contributed by atoms with Crippen LogP contribution in [0.4, 0.5) is 0 Å². The van der Waals surface area contributed by atoms with E-state index >= 15 is 0 Å². The Morgan fingerprint density at radius 3 is 1.81 bits per heavy atom. The maximum absolute atomic E-state index is 5.81. The molecule has 0 unspecified atom stereocenters. The second-order valence-electron chi connectivity index (χ2n) is 6.31. The summed E-state index contributed by atoms with van der Waals surface area (Å²) in [5.74, 6) is 0.884. The van der Waals surface area contributed by atoms with E-state index in [-0.39, 0.29) is 5.41 Å². The van der Waals surface area contributed by atoms with E-state index in [9.17, 15) is 0 Å². The van der Waals surface area contributed by atoms with E-state index in [4.69, 9.17) is 9.47 Å². The van der Waals surface area contributed by atoms with Crippen LogP contribution in [0.5, 0.6) is 5.75 Å². The van der Waals surface area contributed by atoms with Crippen molar-refractivity contribution in [1.29, 1.82) is 0 Å². The summed E-state index contributed by atoms with van der Waals surface area (Å²) in [4.78, 5) is 0. The fourth-order valence-corrected chi connectivity index (χ4v) is 2.12. The predicted octanol–water partition coefficient (Wildman–Crippen LogP) is 4.71. The molecule has 2 aromatic rings. The fourth-order valence-electron chi connectivity index (χ4n) is 2.12. The lowest BCUT2D eigenvalue weighted by Crippen LogP contribution is -2.10. The monoisotopic (exact) mass is 284 g/mol. The summed E-state index contributed by atoms with van der Waals surface area (Å²) in [5.41, 5.74) is 3.87. The molecule has 0 aliphatic carbocycles. The van der Waals surface area contributed by atoms with Crippen molar-refractivity contribution in [3.05, 3.63) is 65.2 Å². The van der Waals surface area contributed by atoms with Crippen molar-refractivity contribution in [2.45, 2.75) is 39.4 Å². The Kier molecular flexibility index (Phi) is 5.03. The molecule has 0 bridgehead atoms. The Hall–Kier alpha value is -1.80. The minimum Gasteiger partial charge on any atom is -0.489 e. The van der Waals surface area contributed by atoms with Crippen LogP contribution in [0, 0.1) is 0 Å². The zero-order valence-electron chi connectivity index (χ0n) is 13.3. The first kappa shape index (κ1) is 15.6. The van der Waals surface area contributed by atoms with Crippen molar-refractivity contribution in [1.82, 2.24) is 0 Å². The Labute approximate surface area is 127 Å². The fraction of sp³-hybridized carbons (Fsp3) is 0.368. The van der Waals surface area contributed by atoms with Gasteiger partial charge in [0.2, 0.25) is 0 Å². The van der Waals surface area contributed by atoms with E-state index in [2.05, 4.69) is 45.0 Å². The third kappa shape index (κ3) is 4.61. The number of hydrogen-bond donors (Lipinski definition) is 0. The SMILES string of the molecule is COCc1ccc(OCc2ccc(C(C)(C)C)cc2)cc1. The molecular weight excluding hydrogens is 260 g/mol. The summed E-state index contributed by atoms with van der Waals surface area (Å²) < 4.78 is 10.9. The van der Waals surface area contributed by atoms with Crippen molar-refractivity contribution >= 4 is 0 Å². The highest BCUT2D eigenvalue weighted by molar-refractivity contribution is 5.29. The van der Waals surface area contributed by atoms with E-state index in [1.807, 2.05) is 24.3 Å². The minimum atomic E-state index is 0.191. The summed E-state index contributed by atoms with van der Waals surface area (Å²) >= 11 is 0. The highest BCUT2D eigenvalue weighted by atomic mass is 16.5. The number of hydrogen-bond acceptors (Lipinski definition) is 2. The summed E-state index contributed by atoms with van der Waals surface area (Å²) in [6.45, 7) is 7.89. The van der Waals surface area contributed by atoms with Crippen molar-refractivity contribution in [2.24, 2.45) is 0 Å². The number of rotatable bonds is 5. The molecule has 0 aliphatic rings. The topological polar surface area (TPSA) is 18.5 Å². The molecule has 2 rings (SSSR count).